The second kappa shape index (κ2) is 6.21. The quantitative estimate of drug-likeness (QED) is 0.797. The van der Waals surface area contributed by atoms with Gasteiger partial charge in [-0.15, -0.1) is 0 Å². The highest BCUT2D eigenvalue weighted by molar-refractivity contribution is 5.93. The maximum absolute atomic E-state index is 12.2. The van der Waals surface area contributed by atoms with Crippen LogP contribution in [0.1, 0.15) is 17.4 Å². The van der Waals surface area contributed by atoms with E-state index in [0.717, 1.165) is 0 Å². The fourth-order valence-electron chi connectivity index (χ4n) is 1.89. The summed E-state index contributed by atoms with van der Waals surface area (Å²) in [5.41, 5.74) is 0.840. The summed E-state index contributed by atoms with van der Waals surface area (Å²) in [5.74, 6) is -0.550. The number of rotatable bonds is 4. The SMILES string of the molecule is CCOC(=O)c1nn(-c2ccccc2)c(=O)cc1N(C)C. The molecule has 21 heavy (non-hydrogen) atoms. The minimum Gasteiger partial charge on any atom is -0.461 e. The Bertz CT molecular complexity index is 693. The molecule has 0 radical (unpaired) electrons. The molecular weight excluding hydrogens is 270 g/mol. The highest BCUT2D eigenvalue weighted by Gasteiger charge is 2.19. The van der Waals surface area contributed by atoms with E-state index in [0.29, 0.717) is 11.4 Å². The summed E-state index contributed by atoms with van der Waals surface area (Å²) in [6.45, 7) is 1.97. The fraction of sp³-hybridized carbons (Fsp3) is 0.267. The van der Waals surface area contributed by atoms with Crippen LogP contribution in [0.25, 0.3) is 5.69 Å². The number of hydrogen-bond donors (Lipinski definition) is 0. The fourth-order valence-corrected chi connectivity index (χ4v) is 1.89. The summed E-state index contributed by atoms with van der Waals surface area (Å²) in [4.78, 5) is 25.9. The minimum atomic E-state index is -0.550. The summed E-state index contributed by atoms with van der Waals surface area (Å²) < 4.78 is 6.20. The Morgan fingerprint density at radius 3 is 2.52 bits per heavy atom. The number of ether oxygens (including phenoxy) is 1. The predicted octanol–water partition coefficient (Wildman–Crippen LogP) is 1.48. The average molecular weight is 287 g/mol. The van der Waals surface area contributed by atoms with Crippen molar-refractivity contribution in [2.75, 3.05) is 25.6 Å². The van der Waals surface area contributed by atoms with Crippen LogP contribution in [0.2, 0.25) is 0 Å². The Morgan fingerprint density at radius 2 is 1.95 bits per heavy atom. The minimum absolute atomic E-state index is 0.116. The highest BCUT2D eigenvalue weighted by atomic mass is 16.5. The van der Waals surface area contributed by atoms with Crippen LogP contribution in [0.3, 0.4) is 0 Å². The van der Waals surface area contributed by atoms with E-state index in [1.165, 1.54) is 10.7 Å². The summed E-state index contributed by atoms with van der Waals surface area (Å²) >= 11 is 0. The van der Waals surface area contributed by atoms with Crippen LogP contribution in [0.5, 0.6) is 0 Å². The lowest BCUT2D eigenvalue weighted by molar-refractivity contribution is 0.0518. The molecule has 0 N–H and O–H groups in total. The number of anilines is 1. The second-order valence-electron chi connectivity index (χ2n) is 4.58. The van der Waals surface area contributed by atoms with Crippen LogP contribution >= 0.6 is 0 Å². The van der Waals surface area contributed by atoms with Gasteiger partial charge in [-0.25, -0.2) is 4.79 Å². The topological polar surface area (TPSA) is 64.4 Å². The number of esters is 1. The first-order chi connectivity index (χ1) is 10.0. The molecule has 0 bridgehead atoms. The summed E-state index contributed by atoms with van der Waals surface area (Å²) in [6.07, 6.45) is 0. The molecule has 1 aromatic carbocycles. The normalized spacial score (nSPS) is 10.2. The smallest absolute Gasteiger partial charge is 0.360 e. The number of aromatic nitrogens is 2. The molecule has 0 unspecified atom stereocenters. The lowest BCUT2D eigenvalue weighted by atomic mass is 10.3. The van der Waals surface area contributed by atoms with E-state index in [4.69, 9.17) is 4.74 Å². The Balaban J connectivity index is 2.62. The van der Waals surface area contributed by atoms with Crippen LogP contribution in [0, 0.1) is 0 Å². The van der Waals surface area contributed by atoms with E-state index in [-0.39, 0.29) is 17.9 Å². The first kappa shape index (κ1) is 14.8. The molecule has 6 nitrogen and oxygen atoms in total. The van der Waals surface area contributed by atoms with Gasteiger partial charge in [0.1, 0.15) is 0 Å². The third-order valence-electron chi connectivity index (χ3n) is 2.86. The van der Waals surface area contributed by atoms with E-state index in [1.807, 2.05) is 6.07 Å². The van der Waals surface area contributed by atoms with E-state index in [2.05, 4.69) is 5.10 Å². The molecular formula is C15H17N3O3. The largest absolute Gasteiger partial charge is 0.461 e. The molecule has 0 atom stereocenters. The summed E-state index contributed by atoms with van der Waals surface area (Å²) in [6, 6.07) is 10.3. The number of para-hydroxylation sites is 1. The van der Waals surface area contributed by atoms with Gasteiger partial charge < -0.3 is 9.64 Å². The zero-order valence-electron chi connectivity index (χ0n) is 12.2. The van der Waals surface area contributed by atoms with Gasteiger partial charge in [-0.05, 0) is 19.1 Å². The molecule has 2 aromatic rings. The van der Waals surface area contributed by atoms with Crippen molar-refractivity contribution >= 4 is 11.7 Å². The number of nitrogens with zero attached hydrogens (tertiary/aromatic N) is 3. The van der Waals surface area contributed by atoms with E-state index >= 15 is 0 Å². The van der Waals surface area contributed by atoms with Crippen LogP contribution in [0.15, 0.2) is 41.2 Å². The Kier molecular flexibility index (Phi) is 4.37. The Morgan fingerprint density at radius 1 is 1.29 bits per heavy atom. The Labute approximate surface area is 122 Å². The highest BCUT2D eigenvalue weighted by Crippen LogP contribution is 2.16. The molecule has 0 aliphatic rings. The van der Waals surface area contributed by atoms with Gasteiger partial charge in [0, 0.05) is 20.2 Å². The van der Waals surface area contributed by atoms with Crippen molar-refractivity contribution < 1.29 is 9.53 Å². The van der Waals surface area contributed by atoms with Gasteiger partial charge in [-0.3, -0.25) is 4.79 Å². The van der Waals surface area contributed by atoms with Crippen molar-refractivity contribution in [3.63, 3.8) is 0 Å². The van der Waals surface area contributed by atoms with Crippen molar-refractivity contribution in [3.8, 4) is 5.69 Å². The van der Waals surface area contributed by atoms with Gasteiger partial charge in [0.15, 0.2) is 5.69 Å². The van der Waals surface area contributed by atoms with Gasteiger partial charge in [-0.1, -0.05) is 18.2 Å². The van der Waals surface area contributed by atoms with Crippen LogP contribution in [-0.4, -0.2) is 36.5 Å². The molecule has 1 heterocycles. The van der Waals surface area contributed by atoms with Crippen molar-refractivity contribution in [2.45, 2.75) is 6.92 Å². The van der Waals surface area contributed by atoms with Crippen molar-refractivity contribution in [2.24, 2.45) is 0 Å². The molecule has 0 aliphatic carbocycles. The van der Waals surface area contributed by atoms with Gasteiger partial charge in [-0.2, -0.15) is 9.78 Å². The number of carbonyl (C=O) groups excluding carboxylic acids is 1. The second-order valence-corrected chi connectivity index (χ2v) is 4.58. The van der Waals surface area contributed by atoms with Crippen molar-refractivity contribution in [1.82, 2.24) is 9.78 Å². The van der Waals surface area contributed by atoms with Crippen LogP contribution in [0.4, 0.5) is 5.69 Å². The molecule has 0 aliphatic heterocycles. The first-order valence-corrected chi connectivity index (χ1v) is 6.59. The van der Waals surface area contributed by atoms with Crippen molar-refractivity contribution in [1.29, 1.82) is 0 Å². The summed E-state index contributed by atoms with van der Waals surface area (Å²) in [5, 5.41) is 4.17. The monoisotopic (exact) mass is 287 g/mol. The van der Waals surface area contributed by atoms with E-state index in [1.54, 1.807) is 50.2 Å². The van der Waals surface area contributed by atoms with Gasteiger partial charge in [0.05, 0.1) is 18.0 Å². The number of carbonyl (C=O) groups is 1. The van der Waals surface area contributed by atoms with Gasteiger partial charge >= 0.3 is 5.97 Å². The predicted molar refractivity (Wildman–Crippen MR) is 80.1 cm³/mol. The summed E-state index contributed by atoms with van der Waals surface area (Å²) in [7, 11) is 3.48. The standard InChI is InChI=1S/C15H17N3O3/c1-4-21-15(20)14-12(17(2)3)10-13(19)18(16-14)11-8-6-5-7-9-11/h5-10H,4H2,1-3H3. The van der Waals surface area contributed by atoms with Gasteiger partial charge in [0.2, 0.25) is 0 Å². The molecule has 0 fully saturated rings. The van der Waals surface area contributed by atoms with Crippen LogP contribution in [-0.2, 0) is 4.74 Å². The van der Waals surface area contributed by atoms with Gasteiger partial charge in [0.25, 0.3) is 5.56 Å². The molecule has 0 saturated carbocycles. The maximum Gasteiger partial charge on any atom is 0.360 e. The zero-order chi connectivity index (χ0) is 15.4. The molecule has 6 heteroatoms. The third-order valence-corrected chi connectivity index (χ3v) is 2.86. The molecule has 0 amide bonds. The van der Waals surface area contributed by atoms with E-state index in [9.17, 15) is 9.59 Å². The van der Waals surface area contributed by atoms with Crippen LogP contribution < -0.4 is 10.5 Å². The lowest BCUT2D eigenvalue weighted by Crippen LogP contribution is -2.27. The zero-order valence-corrected chi connectivity index (χ0v) is 12.2. The molecule has 2 rings (SSSR count). The lowest BCUT2D eigenvalue weighted by Gasteiger charge is -2.16. The third kappa shape index (κ3) is 3.10. The average Bonchev–Trinajstić information content (AvgIpc) is 2.48. The van der Waals surface area contributed by atoms with E-state index < -0.39 is 5.97 Å². The molecule has 0 saturated heterocycles. The number of benzene rings is 1. The number of hydrogen-bond acceptors (Lipinski definition) is 5. The first-order valence-electron chi connectivity index (χ1n) is 6.59. The molecule has 110 valence electrons. The molecule has 0 spiro atoms. The van der Waals surface area contributed by atoms with Crippen molar-refractivity contribution in [3.05, 3.63) is 52.4 Å². The maximum atomic E-state index is 12.2. The molecule has 1 aromatic heterocycles. The Hall–Kier alpha value is -2.63.